The van der Waals surface area contributed by atoms with Crippen LogP contribution in [-0.2, 0) is 4.74 Å². The van der Waals surface area contributed by atoms with Gasteiger partial charge in [0.25, 0.3) is 0 Å². The van der Waals surface area contributed by atoms with Crippen molar-refractivity contribution in [3.05, 3.63) is 0 Å². The summed E-state index contributed by atoms with van der Waals surface area (Å²) in [6.45, 7) is 11.9. The first kappa shape index (κ1) is 11.0. The zero-order valence-corrected chi connectivity index (χ0v) is 8.88. The van der Waals surface area contributed by atoms with Gasteiger partial charge in [0.15, 0.2) is 0 Å². The molecule has 0 saturated carbocycles. The molecule has 1 atom stereocenters. The van der Waals surface area contributed by atoms with E-state index in [1.54, 1.807) is 0 Å². The molecule has 1 fully saturated rings. The van der Waals surface area contributed by atoms with Crippen molar-refractivity contribution in [1.29, 1.82) is 0 Å². The predicted molar refractivity (Wildman–Crippen MR) is 55.0 cm³/mol. The van der Waals surface area contributed by atoms with Crippen LogP contribution in [0.4, 0.5) is 0 Å². The molecule has 0 aromatic rings. The number of morpholine rings is 1. The Kier molecular flexibility index (Phi) is 5.35. The molecular formula is C10H22N2O. The molecule has 0 radical (unpaired) electrons. The quantitative estimate of drug-likeness (QED) is 0.679. The van der Waals surface area contributed by atoms with Gasteiger partial charge in [0.2, 0.25) is 0 Å². The Labute approximate surface area is 81.4 Å². The van der Waals surface area contributed by atoms with Gasteiger partial charge < -0.3 is 10.1 Å². The Bertz CT molecular complexity index is 124. The highest BCUT2D eigenvalue weighted by Gasteiger charge is 2.12. The fraction of sp³-hybridized carbons (Fsp3) is 1.00. The second kappa shape index (κ2) is 6.35. The third-order valence-corrected chi connectivity index (χ3v) is 2.42. The first-order valence-electron chi connectivity index (χ1n) is 5.33. The molecule has 0 spiro atoms. The molecule has 1 aliphatic heterocycles. The van der Waals surface area contributed by atoms with Crippen molar-refractivity contribution in [1.82, 2.24) is 10.2 Å². The van der Waals surface area contributed by atoms with Gasteiger partial charge in [-0.25, -0.2) is 0 Å². The van der Waals surface area contributed by atoms with Gasteiger partial charge in [0, 0.05) is 19.6 Å². The molecule has 0 aromatic heterocycles. The topological polar surface area (TPSA) is 24.5 Å². The minimum atomic E-state index is 0.748. The van der Waals surface area contributed by atoms with Crippen molar-refractivity contribution < 1.29 is 4.74 Å². The molecule has 0 aliphatic carbocycles. The van der Waals surface area contributed by atoms with Crippen LogP contribution in [0.2, 0.25) is 0 Å². The van der Waals surface area contributed by atoms with Crippen LogP contribution in [-0.4, -0.2) is 50.8 Å². The van der Waals surface area contributed by atoms with E-state index >= 15 is 0 Å². The lowest BCUT2D eigenvalue weighted by molar-refractivity contribution is 0.0318. The molecule has 1 aliphatic rings. The summed E-state index contributed by atoms with van der Waals surface area (Å²) in [6.07, 6.45) is 0. The zero-order valence-electron chi connectivity index (χ0n) is 8.88. The summed E-state index contributed by atoms with van der Waals surface area (Å²) in [4.78, 5) is 2.49. The molecule has 13 heavy (non-hydrogen) atoms. The minimum Gasteiger partial charge on any atom is -0.379 e. The van der Waals surface area contributed by atoms with Crippen LogP contribution in [0.15, 0.2) is 0 Å². The van der Waals surface area contributed by atoms with E-state index in [0.717, 1.165) is 45.3 Å². The molecular weight excluding hydrogens is 164 g/mol. The first-order chi connectivity index (χ1) is 6.33. The van der Waals surface area contributed by atoms with Crippen LogP contribution < -0.4 is 5.32 Å². The van der Waals surface area contributed by atoms with Crippen molar-refractivity contribution in [3.63, 3.8) is 0 Å². The summed E-state index contributed by atoms with van der Waals surface area (Å²) < 4.78 is 5.31. The lowest BCUT2D eigenvalue weighted by Crippen LogP contribution is -2.40. The Morgan fingerprint density at radius 2 is 2.08 bits per heavy atom. The van der Waals surface area contributed by atoms with Crippen LogP contribution in [0.1, 0.15) is 13.8 Å². The van der Waals surface area contributed by atoms with Crippen molar-refractivity contribution in [2.45, 2.75) is 13.8 Å². The van der Waals surface area contributed by atoms with E-state index in [1.807, 2.05) is 0 Å². The molecule has 1 heterocycles. The average Bonchev–Trinajstić information content (AvgIpc) is 2.16. The van der Waals surface area contributed by atoms with Gasteiger partial charge in [-0.3, -0.25) is 4.90 Å². The van der Waals surface area contributed by atoms with Gasteiger partial charge in [-0.15, -0.1) is 0 Å². The lowest BCUT2D eigenvalue weighted by atomic mass is 10.1. The number of rotatable bonds is 5. The van der Waals surface area contributed by atoms with Gasteiger partial charge in [0.05, 0.1) is 13.2 Å². The predicted octanol–water partition coefficient (Wildman–Crippen LogP) is 0.564. The normalized spacial score (nSPS) is 21.7. The maximum atomic E-state index is 5.31. The van der Waals surface area contributed by atoms with E-state index < -0.39 is 0 Å². The van der Waals surface area contributed by atoms with Gasteiger partial charge in [-0.05, 0) is 19.0 Å². The van der Waals surface area contributed by atoms with E-state index in [9.17, 15) is 0 Å². The Morgan fingerprint density at radius 1 is 1.38 bits per heavy atom. The van der Waals surface area contributed by atoms with E-state index in [2.05, 4.69) is 24.1 Å². The van der Waals surface area contributed by atoms with Gasteiger partial charge in [0.1, 0.15) is 0 Å². The highest BCUT2D eigenvalue weighted by atomic mass is 16.5. The van der Waals surface area contributed by atoms with Crippen LogP contribution in [0.5, 0.6) is 0 Å². The largest absolute Gasteiger partial charge is 0.379 e. The maximum absolute atomic E-state index is 5.31. The van der Waals surface area contributed by atoms with Crippen LogP contribution in [0, 0.1) is 5.92 Å². The van der Waals surface area contributed by atoms with Crippen molar-refractivity contribution in [2.75, 3.05) is 45.9 Å². The Balaban J connectivity index is 2.07. The summed E-state index contributed by atoms with van der Waals surface area (Å²) in [5.74, 6) is 0.748. The highest BCUT2D eigenvalue weighted by Crippen LogP contribution is 2.02. The lowest BCUT2D eigenvalue weighted by Gasteiger charge is -2.29. The fourth-order valence-corrected chi connectivity index (χ4v) is 1.68. The molecule has 1 saturated heterocycles. The summed E-state index contributed by atoms with van der Waals surface area (Å²) >= 11 is 0. The SMILES string of the molecule is CCNCC(C)CN1CCOCC1. The van der Waals surface area contributed by atoms with Crippen molar-refractivity contribution in [2.24, 2.45) is 5.92 Å². The highest BCUT2D eigenvalue weighted by molar-refractivity contribution is 4.66. The molecule has 78 valence electrons. The summed E-state index contributed by atoms with van der Waals surface area (Å²) in [7, 11) is 0. The average molecular weight is 186 g/mol. The summed E-state index contributed by atoms with van der Waals surface area (Å²) in [6, 6.07) is 0. The van der Waals surface area contributed by atoms with Crippen molar-refractivity contribution in [3.8, 4) is 0 Å². The van der Waals surface area contributed by atoms with Gasteiger partial charge >= 0.3 is 0 Å². The van der Waals surface area contributed by atoms with E-state index in [0.29, 0.717) is 0 Å². The number of ether oxygens (including phenoxy) is 1. The Hall–Kier alpha value is -0.120. The summed E-state index contributed by atoms with van der Waals surface area (Å²) in [5, 5.41) is 3.38. The zero-order chi connectivity index (χ0) is 9.52. The van der Waals surface area contributed by atoms with Crippen LogP contribution >= 0.6 is 0 Å². The number of nitrogens with one attached hydrogen (secondary N) is 1. The van der Waals surface area contributed by atoms with Gasteiger partial charge in [-0.1, -0.05) is 13.8 Å². The number of nitrogens with zero attached hydrogens (tertiary/aromatic N) is 1. The number of hydrogen-bond donors (Lipinski definition) is 1. The fourth-order valence-electron chi connectivity index (χ4n) is 1.68. The van der Waals surface area contributed by atoms with Crippen LogP contribution in [0.3, 0.4) is 0 Å². The van der Waals surface area contributed by atoms with E-state index in [1.165, 1.54) is 6.54 Å². The molecule has 1 rings (SSSR count). The number of hydrogen-bond acceptors (Lipinski definition) is 3. The minimum absolute atomic E-state index is 0.748. The smallest absolute Gasteiger partial charge is 0.0594 e. The molecule has 0 bridgehead atoms. The third-order valence-electron chi connectivity index (χ3n) is 2.42. The molecule has 1 unspecified atom stereocenters. The van der Waals surface area contributed by atoms with Crippen LogP contribution in [0.25, 0.3) is 0 Å². The second-order valence-electron chi connectivity index (χ2n) is 3.83. The second-order valence-corrected chi connectivity index (χ2v) is 3.83. The molecule has 0 aromatic carbocycles. The summed E-state index contributed by atoms with van der Waals surface area (Å²) in [5.41, 5.74) is 0. The van der Waals surface area contributed by atoms with E-state index in [-0.39, 0.29) is 0 Å². The molecule has 1 N–H and O–H groups in total. The van der Waals surface area contributed by atoms with Crippen molar-refractivity contribution >= 4 is 0 Å². The molecule has 3 nitrogen and oxygen atoms in total. The monoisotopic (exact) mass is 186 g/mol. The first-order valence-corrected chi connectivity index (χ1v) is 5.33. The maximum Gasteiger partial charge on any atom is 0.0594 e. The molecule has 0 amide bonds. The third kappa shape index (κ3) is 4.60. The van der Waals surface area contributed by atoms with E-state index in [4.69, 9.17) is 4.74 Å². The Morgan fingerprint density at radius 3 is 2.69 bits per heavy atom. The van der Waals surface area contributed by atoms with Gasteiger partial charge in [-0.2, -0.15) is 0 Å². The standard InChI is InChI=1S/C10H22N2O/c1-3-11-8-10(2)9-12-4-6-13-7-5-12/h10-11H,3-9H2,1-2H3. The molecule has 3 heteroatoms.